The highest BCUT2D eigenvalue weighted by Crippen LogP contribution is 2.34. The number of rotatable bonds is 5. The molecule has 0 amide bonds. The second-order valence-corrected chi connectivity index (χ2v) is 6.86. The van der Waals surface area contributed by atoms with E-state index >= 15 is 0 Å². The molecule has 1 aliphatic heterocycles. The van der Waals surface area contributed by atoms with E-state index in [1.165, 1.54) is 6.07 Å². The van der Waals surface area contributed by atoms with Gasteiger partial charge in [-0.3, -0.25) is 4.99 Å². The number of amidine groups is 1. The van der Waals surface area contributed by atoms with Gasteiger partial charge in [0.15, 0.2) is 6.10 Å². The largest absolute Gasteiger partial charge is 0.496 e. The number of ether oxygens (including phenoxy) is 1. The van der Waals surface area contributed by atoms with Crippen molar-refractivity contribution in [2.45, 2.75) is 39.7 Å². The lowest BCUT2D eigenvalue weighted by molar-refractivity contribution is 0.0829. The van der Waals surface area contributed by atoms with Gasteiger partial charge in [0.2, 0.25) is 0 Å². The predicted molar refractivity (Wildman–Crippen MR) is 111 cm³/mol. The summed E-state index contributed by atoms with van der Waals surface area (Å²) in [6.07, 6.45) is 0.838. The Morgan fingerprint density at radius 1 is 1.29 bits per heavy atom. The van der Waals surface area contributed by atoms with E-state index in [1.807, 2.05) is 45.0 Å². The van der Waals surface area contributed by atoms with Gasteiger partial charge in [-0.15, -0.1) is 0 Å². The summed E-state index contributed by atoms with van der Waals surface area (Å²) in [5, 5.41) is 7.39. The van der Waals surface area contributed by atoms with Crippen molar-refractivity contribution in [1.29, 1.82) is 0 Å². The highest BCUT2D eigenvalue weighted by molar-refractivity contribution is 6.01. The number of methoxy groups -OCH3 is 1. The summed E-state index contributed by atoms with van der Waals surface area (Å²) < 4.78 is 20.1. The van der Waals surface area contributed by atoms with E-state index in [0.717, 1.165) is 40.4 Å². The molecule has 2 aromatic rings. The van der Waals surface area contributed by atoms with Crippen LogP contribution in [0.1, 0.15) is 48.1 Å². The molecule has 1 aliphatic rings. The van der Waals surface area contributed by atoms with Crippen LogP contribution in [-0.2, 0) is 4.84 Å². The summed E-state index contributed by atoms with van der Waals surface area (Å²) in [7, 11) is 3.37. The fourth-order valence-corrected chi connectivity index (χ4v) is 3.32. The molecule has 0 saturated carbocycles. The summed E-state index contributed by atoms with van der Waals surface area (Å²) in [5.41, 5.74) is 4.95. The van der Waals surface area contributed by atoms with Gasteiger partial charge in [0.1, 0.15) is 17.4 Å². The minimum atomic E-state index is -0.435. The first-order chi connectivity index (χ1) is 13.5. The quantitative estimate of drug-likeness (QED) is 0.573. The maximum Gasteiger partial charge on any atom is 0.161 e. The van der Waals surface area contributed by atoms with Gasteiger partial charge in [-0.1, -0.05) is 12.1 Å². The van der Waals surface area contributed by atoms with Gasteiger partial charge in [-0.25, -0.2) is 4.39 Å². The Kier molecular flexibility index (Phi) is 5.97. The molecule has 6 heteroatoms. The van der Waals surface area contributed by atoms with Crippen LogP contribution in [0.5, 0.6) is 5.75 Å². The molecular weight excluding hydrogens is 357 g/mol. The van der Waals surface area contributed by atoms with Crippen molar-refractivity contribution in [3.63, 3.8) is 0 Å². The second kappa shape index (κ2) is 8.42. The minimum Gasteiger partial charge on any atom is -0.496 e. The number of halogens is 1. The molecule has 1 unspecified atom stereocenters. The van der Waals surface area contributed by atoms with Gasteiger partial charge < -0.3 is 14.9 Å². The zero-order valence-electron chi connectivity index (χ0n) is 17.0. The summed E-state index contributed by atoms with van der Waals surface area (Å²) >= 11 is 0. The van der Waals surface area contributed by atoms with Crippen LogP contribution >= 0.6 is 0 Å². The number of nitrogens with zero attached hydrogens (tertiary/aromatic N) is 2. The molecule has 0 spiro atoms. The van der Waals surface area contributed by atoms with E-state index in [2.05, 4.69) is 15.5 Å². The topological polar surface area (TPSA) is 55.2 Å². The Morgan fingerprint density at radius 3 is 2.71 bits per heavy atom. The number of anilines is 1. The zero-order chi connectivity index (χ0) is 20.3. The number of nitrogens with one attached hydrogen (secondary N) is 1. The van der Waals surface area contributed by atoms with E-state index in [-0.39, 0.29) is 5.82 Å². The summed E-state index contributed by atoms with van der Waals surface area (Å²) in [6, 6.07) is 9.19. The van der Waals surface area contributed by atoms with Crippen molar-refractivity contribution in [1.82, 2.24) is 0 Å². The van der Waals surface area contributed by atoms with Crippen LogP contribution in [0.4, 0.5) is 10.1 Å². The zero-order valence-corrected chi connectivity index (χ0v) is 17.0. The molecule has 3 rings (SSSR count). The van der Waals surface area contributed by atoms with Gasteiger partial charge in [-0.05, 0) is 60.9 Å². The van der Waals surface area contributed by atoms with Crippen LogP contribution in [0, 0.1) is 19.7 Å². The Hall–Kier alpha value is -2.89. The number of aryl methyl sites for hydroxylation is 2. The smallest absolute Gasteiger partial charge is 0.161 e. The van der Waals surface area contributed by atoms with Crippen LogP contribution in [0.3, 0.4) is 0 Å². The molecule has 0 fully saturated rings. The maximum atomic E-state index is 14.8. The van der Waals surface area contributed by atoms with Crippen molar-refractivity contribution in [2.24, 2.45) is 10.1 Å². The molecule has 0 bridgehead atoms. The standard InChI is InChI=1S/C22H26FN3O2/c1-6-22(24-4)25-18-11-17(23)16(10-13(18)2)21-12-19(26-28-21)15-7-8-20(27-5)14(3)9-15/h7-11,21H,6,12H2,1-5H3,(H,24,25). The van der Waals surface area contributed by atoms with Crippen LogP contribution in [-0.4, -0.2) is 25.7 Å². The SMILES string of the molecule is CCC(=NC)Nc1cc(F)c(C2CC(c3ccc(OC)c(C)c3)=NO2)cc1C. The van der Waals surface area contributed by atoms with Crippen LogP contribution in [0.15, 0.2) is 40.5 Å². The fraction of sp³-hybridized carbons (Fsp3) is 0.364. The molecule has 0 aliphatic carbocycles. The molecular formula is C22H26FN3O2. The fourth-order valence-electron chi connectivity index (χ4n) is 3.32. The minimum absolute atomic E-state index is 0.313. The van der Waals surface area contributed by atoms with Crippen molar-refractivity contribution in [2.75, 3.05) is 19.5 Å². The predicted octanol–water partition coefficient (Wildman–Crippen LogP) is 5.17. The Balaban J connectivity index is 1.79. The van der Waals surface area contributed by atoms with Crippen molar-refractivity contribution in [3.8, 4) is 5.75 Å². The lowest BCUT2D eigenvalue weighted by Crippen LogP contribution is -2.12. The average molecular weight is 383 g/mol. The molecule has 5 nitrogen and oxygen atoms in total. The summed E-state index contributed by atoms with van der Waals surface area (Å²) in [4.78, 5) is 9.74. The lowest BCUT2D eigenvalue weighted by atomic mass is 9.97. The first-order valence-electron chi connectivity index (χ1n) is 9.37. The molecule has 0 saturated heterocycles. The van der Waals surface area contributed by atoms with Gasteiger partial charge >= 0.3 is 0 Å². The maximum absolute atomic E-state index is 14.8. The molecule has 0 aromatic heterocycles. The van der Waals surface area contributed by atoms with E-state index in [4.69, 9.17) is 9.57 Å². The Labute approximate surface area is 165 Å². The molecule has 1 N–H and O–H groups in total. The van der Waals surface area contributed by atoms with Crippen molar-refractivity contribution < 1.29 is 14.0 Å². The highest BCUT2D eigenvalue weighted by Gasteiger charge is 2.27. The first kappa shape index (κ1) is 19.9. The molecule has 1 heterocycles. The van der Waals surface area contributed by atoms with Crippen LogP contribution < -0.4 is 10.1 Å². The normalized spacial score (nSPS) is 16.6. The van der Waals surface area contributed by atoms with E-state index in [9.17, 15) is 4.39 Å². The first-order valence-corrected chi connectivity index (χ1v) is 9.37. The Morgan fingerprint density at radius 2 is 2.07 bits per heavy atom. The number of oxime groups is 1. The molecule has 28 heavy (non-hydrogen) atoms. The van der Waals surface area contributed by atoms with E-state index in [1.54, 1.807) is 14.2 Å². The van der Waals surface area contributed by atoms with Crippen LogP contribution in [0.25, 0.3) is 0 Å². The number of benzene rings is 2. The molecule has 1 atom stereocenters. The van der Waals surface area contributed by atoms with Gasteiger partial charge in [-0.2, -0.15) is 0 Å². The third-order valence-corrected chi connectivity index (χ3v) is 4.97. The molecule has 0 radical (unpaired) electrons. The van der Waals surface area contributed by atoms with E-state index in [0.29, 0.717) is 17.7 Å². The van der Waals surface area contributed by atoms with E-state index < -0.39 is 6.10 Å². The number of hydrogen-bond donors (Lipinski definition) is 1. The van der Waals surface area contributed by atoms with Crippen molar-refractivity contribution >= 4 is 17.2 Å². The second-order valence-electron chi connectivity index (χ2n) is 6.86. The number of aliphatic imine (C=N–C) groups is 1. The summed E-state index contributed by atoms with van der Waals surface area (Å²) in [6.45, 7) is 5.92. The molecule has 2 aromatic carbocycles. The highest BCUT2D eigenvalue weighted by atomic mass is 19.1. The average Bonchev–Trinajstić information content (AvgIpc) is 3.18. The van der Waals surface area contributed by atoms with Gasteiger partial charge in [0.05, 0.1) is 12.8 Å². The Bertz CT molecular complexity index is 938. The molecule has 148 valence electrons. The monoisotopic (exact) mass is 383 g/mol. The lowest BCUT2D eigenvalue weighted by Gasteiger charge is -2.15. The van der Waals surface area contributed by atoms with Gasteiger partial charge in [0.25, 0.3) is 0 Å². The number of hydrogen-bond acceptors (Lipinski definition) is 4. The van der Waals surface area contributed by atoms with Gasteiger partial charge in [0, 0.05) is 31.1 Å². The van der Waals surface area contributed by atoms with Crippen molar-refractivity contribution in [3.05, 3.63) is 58.4 Å². The third kappa shape index (κ3) is 4.01. The van der Waals surface area contributed by atoms with Crippen LogP contribution in [0.2, 0.25) is 0 Å². The summed E-state index contributed by atoms with van der Waals surface area (Å²) in [5.74, 6) is 1.33. The third-order valence-electron chi connectivity index (χ3n) is 4.97.